The number of unbranched alkanes of at least 4 members (excludes halogenated alkanes) is 1. The number of amides is 2. The Morgan fingerprint density at radius 3 is 2.70 bits per heavy atom. The highest BCUT2D eigenvalue weighted by molar-refractivity contribution is 6.00. The third-order valence-corrected chi connectivity index (χ3v) is 5.36. The van der Waals surface area contributed by atoms with Gasteiger partial charge in [-0.25, -0.2) is 4.79 Å². The molecule has 0 unspecified atom stereocenters. The molecule has 4 rings (SSSR count). The van der Waals surface area contributed by atoms with Gasteiger partial charge in [0.05, 0.1) is 12.2 Å². The van der Waals surface area contributed by atoms with E-state index in [0.717, 1.165) is 18.6 Å². The first-order valence-electron chi connectivity index (χ1n) is 10.2. The maximum absolute atomic E-state index is 12.9. The molecule has 2 amide bonds. The van der Waals surface area contributed by atoms with Crippen molar-refractivity contribution >= 4 is 23.5 Å². The standard InChI is InChI=1S/C23H24N2O5/c1-2-3-14-29-16-10-8-15(9-11-16)24-21(27)19-12-13-20(26)25(19)22-17-6-4-5-7-18(17)23(28)30-22/h4-11,19,22H,2-3,12-14H2,1H3,(H,24,27)/t19-,22-/m0/s1. The predicted octanol–water partition coefficient (Wildman–Crippen LogP) is 3.66. The van der Waals surface area contributed by atoms with Crippen LogP contribution in [0.15, 0.2) is 48.5 Å². The molecular formula is C23H24N2O5. The molecule has 0 radical (unpaired) electrons. The van der Waals surface area contributed by atoms with Crippen LogP contribution in [-0.4, -0.2) is 35.3 Å². The summed E-state index contributed by atoms with van der Waals surface area (Å²) in [6.07, 6.45) is 1.79. The summed E-state index contributed by atoms with van der Waals surface area (Å²) < 4.78 is 11.1. The number of likely N-dealkylation sites (tertiary alicyclic amines) is 1. The van der Waals surface area contributed by atoms with E-state index in [9.17, 15) is 14.4 Å². The molecule has 1 saturated heterocycles. The van der Waals surface area contributed by atoms with Crippen LogP contribution in [0.2, 0.25) is 0 Å². The normalized spacial score (nSPS) is 20.1. The first kappa shape index (κ1) is 19.9. The molecule has 7 nitrogen and oxygen atoms in total. The number of hydrogen-bond acceptors (Lipinski definition) is 5. The maximum atomic E-state index is 12.9. The third-order valence-electron chi connectivity index (χ3n) is 5.36. The molecular weight excluding hydrogens is 384 g/mol. The molecule has 0 spiro atoms. The Kier molecular flexibility index (Phi) is 5.70. The molecule has 1 N–H and O–H groups in total. The smallest absolute Gasteiger partial charge is 0.340 e. The zero-order chi connectivity index (χ0) is 21.1. The average Bonchev–Trinajstić information content (AvgIpc) is 3.29. The molecule has 0 aliphatic carbocycles. The van der Waals surface area contributed by atoms with Gasteiger partial charge in [-0.2, -0.15) is 0 Å². The summed E-state index contributed by atoms with van der Waals surface area (Å²) >= 11 is 0. The summed E-state index contributed by atoms with van der Waals surface area (Å²) in [7, 11) is 0. The largest absolute Gasteiger partial charge is 0.494 e. The molecule has 2 heterocycles. The van der Waals surface area contributed by atoms with Gasteiger partial charge in [-0.3, -0.25) is 14.5 Å². The summed E-state index contributed by atoms with van der Waals surface area (Å²) in [5.41, 5.74) is 1.66. The van der Waals surface area contributed by atoms with E-state index in [0.29, 0.717) is 29.8 Å². The highest BCUT2D eigenvalue weighted by atomic mass is 16.6. The lowest BCUT2D eigenvalue weighted by atomic mass is 10.1. The Morgan fingerprint density at radius 1 is 1.17 bits per heavy atom. The molecule has 0 bridgehead atoms. The van der Waals surface area contributed by atoms with Crippen molar-refractivity contribution in [1.82, 2.24) is 4.90 Å². The Balaban J connectivity index is 1.46. The number of ether oxygens (including phenoxy) is 2. The second kappa shape index (κ2) is 8.57. The monoisotopic (exact) mass is 408 g/mol. The number of benzene rings is 2. The van der Waals surface area contributed by atoms with Crippen molar-refractivity contribution < 1.29 is 23.9 Å². The van der Waals surface area contributed by atoms with Crippen LogP contribution in [-0.2, 0) is 14.3 Å². The van der Waals surface area contributed by atoms with Gasteiger partial charge in [0.2, 0.25) is 18.0 Å². The highest BCUT2D eigenvalue weighted by Gasteiger charge is 2.46. The summed E-state index contributed by atoms with van der Waals surface area (Å²) in [6, 6.07) is 13.4. The van der Waals surface area contributed by atoms with Crippen molar-refractivity contribution in [3.63, 3.8) is 0 Å². The van der Waals surface area contributed by atoms with Crippen LogP contribution in [0.3, 0.4) is 0 Å². The Labute approximate surface area is 175 Å². The zero-order valence-corrected chi connectivity index (χ0v) is 16.8. The summed E-state index contributed by atoms with van der Waals surface area (Å²) in [6.45, 7) is 2.76. The van der Waals surface area contributed by atoms with E-state index in [1.807, 2.05) is 0 Å². The highest BCUT2D eigenvalue weighted by Crippen LogP contribution is 2.38. The van der Waals surface area contributed by atoms with E-state index in [2.05, 4.69) is 12.2 Å². The number of carbonyl (C=O) groups excluding carboxylic acids is 3. The fraction of sp³-hybridized carbons (Fsp3) is 0.348. The van der Waals surface area contributed by atoms with Crippen molar-refractivity contribution in [2.45, 2.75) is 44.9 Å². The summed E-state index contributed by atoms with van der Waals surface area (Å²) in [5.74, 6) is -0.244. The fourth-order valence-corrected chi connectivity index (χ4v) is 3.78. The van der Waals surface area contributed by atoms with E-state index in [4.69, 9.17) is 9.47 Å². The van der Waals surface area contributed by atoms with E-state index < -0.39 is 18.2 Å². The van der Waals surface area contributed by atoms with Crippen molar-refractivity contribution in [2.24, 2.45) is 0 Å². The Bertz CT molecular complexity index is 956. The second-order valence-electron chi connectivity index (χ2n) is 7.42. The van der Waals surface area contributed by atoms with Crippen LogP contribution in [0.5, 0.6) is 5.75 Å². The number of rotatable bonds is 7. The van der Waals surface area contributed by atoms with Gasteiger partial charge in [-0.05, 0) is 43.2 Å². The molecule has 2 aliphatic rings. The number of anilines is 1. The maximum Gasteiger partial charge on any atom is 0.340 e. The Morgan fingerprint density at radius 2 is 1.93 bits per heavy atom. The third kappa shape index (κ3) is 3.87. The average molecular weight is 408 g/mol. The van der Waals surface area contributed by atoms with Crippen LogP contribution in [0, 0.1) is 0 Å². The van der Waals surface area contributed by atoms with Gasteiger partial charge in [0, 0.05) is 17.7 Å². The van der Waals surface area contributed by atoms with Crippen LogP contribution in [0.1, 0.15) is 54.8 Å². The van der Waals surface area contributed by atoms with Crippen LogP contribution in [0.4, 0.5) is 5.69 Å². The SMILES string of the molecule is CCCCOc1ccc(NC(=O)[C@@H]2CCC(=O)N2[C@H]2OC(=O)c3ccccc32)cc1. The minimum absolute atomic E-state index is 0.204. The van der Waals surface area contributed by atoms with Gasteiger partial charge in [-0.15, -0.1) is 0 Å². The molecule has 0 saturated carbocycles. The molecule has 2 aromatic carbocycles. The molecule has 2 aliphatic heterocycles. The molecule has 1 fully saturated rings. The number of hydrogen-bond donors (Lipinski definition) is 1. The van der Waals surface area contributed by atoms with Crippen molar-refractivity contribution in [3.8, 4) is 5.75 Å². The van der Waals surface area contributed by atoms with Crippen LogP contribution >= 0.6 is 0 Å². The van der Waals surface area contributed by atoms with E-state index in [1.165, 1.54) is 4.90 Å². The number of nitrogens with zero attached hydrogens (tertiary/aromatic N) is 1. The first-order chi connectivity index (χ1) is 14.6. The van der Waals surface area contributed by atoms with Gasteiger partial charge in [-0.1, -0.05) is 31.5 Å². The minimum Gasteiger partial charge on any atom is -0.494 e. The topological polar surface area (TPSA) is 84.9 Å². The lowest BCUT2D eigenvalue weighted by Gasteiger charge is -2.29. The summed E-state index contributed by atoms with van der Waals surface area (Å²) in [5, 5.41) is 2.86. The molecule has 2 aromatic rings. The van der Waals surface area contributed by atoms with E-state index in [1.54, 1.807) is 48.5 Å². The van der Waals surface area contributed by atoms with Gasteiger partial charge in [0.15, 0.2) is 0 Å². The van der Waals surface area contributed by atoms with Gasteiger partial charge >= 0.3 is 5.97 Å². The molecule has 0 aromatic heterocycles. The number of fused-ring (bicyclic) bond motifs is 1. The first-order valence-corrected chi connectivity index (χ1v) is 10.2. The fourth-order valence-electron chi connectivity index (χ4n) is 3.78. The van der Waals surface area contributed by atoms with Crippen LogP contribution < -0.4 is 10.1 Å². The van der Waals surface area contributed by atoms with Gasteiger partial charge < -0.3 is 14.8 Å². The van der Waals surface area contributed by atoms with E-state index >= 15 is 0 Å². The zero-order valence-electron chi connectivity index (χ0n) is 16.8. The van der Waals surface area contributed by atoms with Crippen molar-refractivity contribution in [2.75, 3.05) is 11.9 Å². The van der Waals surface area contributed by atoms with E-state index in [-0.39, 0.29) is 18.2 Å². The quantitative estimate of drug-likeness (QED) is 0.558. The van der Waals surface area contributed by atoms with Crippen molar-refractivity contribution in [3.05, 3.63) is 59.7 Å². The second-order valence-corrected chi connectivity index (χ2v) is 7.42. The number of esters is 1. The minimum atomic E-state index is -0.867. The van der Waals surface area contributed by atoms with Gasteiger partial charge in [0.1, 0.15) is 11.8 Å². The van der Waals surface area contributed by atoms with Gasteiger partial charge in [0.25, 0.3) is 0 Å². The van der Waals surface area contributed by atoms with Crippen LogP contribution in [0.25, 0.3) is 0 Å². The molecule has 30 heavy (non-hydrogen) atoms. The number of carbonyl (C=O) groups is 3. The van der Waals surface area contributed by atoms with Crippen molar-refractivity contribution in [1.29, 1.82) is 0 Å². The lowest BCUT2D eigenvalue weighted by molar-refractivity contribution is -0.144. The summed E-state index contributed by atoms with van der Waals surface area (Å²) in [4.78, 5) is 39.0. The molecule has 7 heteroatoms. The number of nitrogens with one attached hydrogen (secondary N) is 1. The molecule has 156 valence electrons. The Hall–Kier alpha value is -3.35. The lowest BCUT2D eigenvalue weighted by Crippen LogP contribution is -2.43. The number of cyclic esters (lactones) is 1. The molecule has 2 atom stereocenters. The predicted molar refractivity (Wildman–Crippen MR) is 110 cm³/mol.